The zero-order valence-corrected chi connectivity index (χ0v) is 9.38. The summed E-state index contributed by atoms with van der Waals surface area (Å²) in [6.45, 7) is 2.81. The molecule has 0 fully saturated rings. The minimum atomic E-state index is -11.1. The van der Waals surface area contributed by atoms with Gasteiger partial charge in [-0.2, -0.15) is 0 Å². The standard InChI is InChI=1S/C5H8O2.6FH.Pt/c1-4(6)3-5(2)7;;;;;;;/h3H2,1-2H3;6*1H;/q;;;;;;;+6/p-6. The van der Waals surface area contributed by atoms with Crippen LogP contribution in [0.2, 0.25) is 0 Å². The monoisotopic (exact) mass is 409 g/mol. The third-order valence-corrected chi connectivity index (χ3v) is 0.498. The van der Waals surface area contributed by atoms with Gasteiger partial charge in [0.2, 0.25) is 0 Å². The Hall–Kier alpha value is -0.392. The molecule has 0 aliphatic heterocycles. The van der Waals surface area contributed by atoms with Crippen LogP contribution >= 0.6 is 0 Å². The molecule has 0 aromatic carbocycles. The van der Waals surface area contributed by atoms with Gasteiger partial charge in [0, 0.05) is 0 Å². The fourth-order valence-electron chi connectivity index (χ4n) is 0.351. The van der Waals surface area contributed by atoms with Gasteiger partial charge in [-0.3, -0.25) is 9.59 Å². The molecular formula is C5H8F6O2Pt. The first-order valence-electron chi connectivity index (χ1n) is 2.83. The summed E-state index contributed by atoms with van der Waals surface area (Å²) in [4.78, 5) is 20.1. The molecule has 2 nitrogen and oxygen atoms in total. The van der Waals surface area contributed by atoms with Gasteiger partial charge in [-0.25, -0.2) is 0 Å². The second-order valence-electron chi connectivity index (χ2n) is 2.26. The van der Waals surface area contributed by atoms with Crippen molar-refractivity contribution >= 4 is 11.6 Å². The number of ketones is 2. The molecule has 0 aromatic rings. The van der Waals surface area contributed by atoms with Crippen LogP contribution in [0.1, 0.15) is 20.3 Å². The van der Waals surface area contributed by atoms with Crippen molar-refractivity contribution in [2.24, 2.45) is 0 Å². The molecular weight excluding hydrogens is 401 g/mol. The van der Waals surface area contributed by atoms with E-state index in [1.165, 1.54) is 13.8 Å². The number of Topliss-reactive ketones (excluding diaryl/α,β-unsaturated/α-hetero) is 2. The summed E-state index contributed by atoms with van der Waals surface area (Å²) in [5, 5.41) is 0. The van der Waals surface area contributed by atoms with E-state index in [1.807, 2.05) is 0 Å². The van der Waals surface area contributed by atoms with E-state index in [0.29, 0.717) is 0 Å². The Kier molecular flexibility index (Phi) is 4.17. The van der Waals surface area contributed by atoms with Crippen LogP contribution in [-0.2, 0) is 26.3 Å². The van der Waals surface area contributed by atoms with E-state index in [9.17, 15) is 28.5 Å². The second-order valence-corrected chi connectivity index (χ2v) is 7.13. The van der Waals surface area contributed by atoms with Gasteiger partial charge in [0.15, 0.2) is 0 Å². The molecule has 14 heavy (non-hydrogen) atoms. The van der Waals surface area contributed by atoms with Gasteiger partial charge in [-0.15, -0.1) is 0 Å². The molecule has 0 aliphatic carbocycles. The van der Waals surface area contributed by atoms with E-state index in [2.05, 4.69) is 0 Å². The molecule has 9 heteroatoms. The van der Waals surface area contributed by atoms with Crippen LogP contribution in [0.25, 0.3) is 0 Å². The number of hydrogen-bond donors (Lipinski definition) is 0. The summed E-state index contributed by atoms with van der Waals surface area (Å²) in [6, 6.07) is 0. The van der Waals surface area contributed by atoms with Crippen molar-refractivity contribution in [1.82, 2.24) is 0 Å². The molecule has 0 heterocycles. The van der Waals surface area contributed by atoms with E-state index >= 15 is 0 Å². The van der Waals surface area contributed by atoms with Gasteiger partial charge < -0.3 is 0 Å². The molecule has 0 aliphatic rings. The third-order valence-electron chi connectivity index (χ3n) is 0.498. The van der Waals surface area contributed by atoms with Crippen molar-refractivity contribution in [1.29, 1.82) is 0 Å². The molecule has 0 N–H and O–H groups in total. The van der Waals surface area contributed by atoms with Gasteiger partial charge in [0.05, 0.1) is 6.42 Å². The van der Waals surface area contributed by atoms with Gasteiger partial charge in [-0.05, 0) is 13.8 Å². The van der Waals surface area contributed by atoms with Gasteiger partial charge in [-0.1, -0.05) is 0 Å². The van der Waals surface area contributed by atoms with Gasteiger partial charge in [0.1, 0.15) is 11.6 Å². The van der Waals surface area contributed by atoms with Crippen molar-refractivity contribution < 1.29 is 45.2 Å². The first-order valence-corrected chi connectivity index (χ1v) is 7.99. The molecule has 0 saturated heterocycles. The molecule has 0 aromatic heterocycles. The first-order chi connectivity index (χ1) is 5.58. The third kappa shape index (κ3) is 100. The molecule has 0 unspecified atom stereocenters. The average Bonchev–Trinajstić information content (AvgIpc) is 1.46. The van der Waals surface area contributed by atoms with Crippen molar-refractivity contribution in [3.8, 4) is 0 Å². The zero-order chi connectivity index (χ0) is 12.3. The number of hydrogen-bond acceptors (Lipinski definition) is 2. The Morgan fingerprint density at radius 1 is 0.857 bits per heavy atom. The summed E-state index contributed by atoms with van der Waals surface area (Å²) in [6.07, 6.45) is 0.0833. The summed E-state index contributed by atoms with van der Waals surface area (Å²) < 4.78 is 59.5. The molecule has 0 rings (SSSR count). The Labute approximate surface area is 77.6 Å². The topological polar surface area (TPSA) is 34.1 Å². The number of carbonyl (C=O) groups is 2. The SMILES string of the molecule is CC(=O)CC(C)=O.[F][Pt]([F])([F])([F])([F])[F]. The van der Waals surface area contributed by atoms with Gasteiger partial charge >= 0.3 is 35.7 Å². The van der Waals surface area contributed by atoms with E-state index in [-0.39, 0.29) is 18.0 Å². The molecule has 0 saturated carbocycles. The molecule has 0 bridgehead atoms. The fourth-order valence-corrected chi connectivity index (χ4v) is 0.351. The second kappa shape index (κ2) is 3.64. The number of carbonyl (C=O) groups excluding carboxylic acids is 2. The average molecular weight is 409 g/mol. The maximum absolute atomic E-state index is 11.1. The van der Waals surface area contributed by atoms with Crippen LogP contribution in [0.15, 0.2) is 0 Å². The van der Waals surface area contributed by atoms with Crippen LogP contribution in [0.5, 0.6) is 0 Å². The van der Waals surface area contributed by atoms with E-state index in [4.69, 9.17) is 0 Å². The predicted molar refractivity (Wildman–Crippen MR) is 32.6 cm³/mol. The molecule has 0 atom stereocenters. The van der Waals surface area contributed by atoms with Crippen molar-refractivity contribution in [3.05, 3.63) is 0 Å². The fraction of sp³-hybridized carbons (Fsp3) is 0.600. The molecule has 0 spiro atoms. The number of rotatable bonds is 2. The maximum atomic E-state index is 10.0. The zero-order valence-electron chi connectivity index (χ0n) is 7.11. The quantitative estimate of drug-likeness (QED) is 0.519. The van der Waals surface area contributed by atoms with Crippen LogP contribution in [0.4, 0.5) is 18.9 Å². The van der Waals surface area contributed by atoms with Crippen LogP contribution in [-0.4, -0.2) is 11.6 Å². The normalized spacial score (nSPS) is 15.7. The van der Waals surface area contributed by atoms with E-state index < -0.39 is 16.7 Å². The minimum absolute atomic E-state index is 0.0625. The summed E-state index contributed by atoms with van der Waals surface area (Å²) in [5.41, 5.74) is 0. The Balaban J connectivity index is 0. The summed E-state index contributed by atoms with van der Waals surface area (Å²) in [5.74, 6) is -0.125. The Morgan fingerprint density at radius 2 is 1.00 bits per heavy atom. The number of halogens is 6. The van der Waals surface area contributed by atoms with E-state index in [0.717, 1.165) is 0 Å². The summed E-state index contributed by atoms with van der Waals surface area (Å²) >= 11 is -11.1. The van der Waals surface area contributed by atoms with Crippen LogP contribution in [0, 0.1) is 0 Å². The van der Waals surface area contributed by atoms with Crippen molar-refractivity contribution in [2.75, 3.05) is 0 Å². The van der Waals surface area contributed by atoms with Gasteiger partial charge in [0.25, 0.3) is 0 Å². The Morgan fingerprint density at radius 3 is 1.00 bits per heavy atom. The van der Waals surface area contributed by atoms with Crippen molar-refractivity contribution in [3.63, 3.8) is 0 Å². The van der Waals surface area contributed by atoms with Crippen molar-refractivity contribution in [2.45, 2.75) is 20.3 Å². The first kappa shape index (κ1) is 16.1. The van der Waals surface area contributed by atoms with Crippen LogP contribution < -0.4 is 0 Å². The predicted octanol–water partition coefficient (Wildman–Crippen LogP) is 3.07. The molecule has 0 amide bonds. The molecule has 0 radical (unpaired) electrons. The summed E-state index contributed by atoms with van der Waals surface area (Å²) in [7, 11) is 0. The molecule has 92 valence electrons. The van der Waals surface area contributed by atoms with E-state index in [1.54, 1.807) is 0 Å². The van der Waals surface area contributed by atoms with Crippen LogP contribution in [0.3, 0.4) is 0 Å². The Bertz CT molecular complexity index is 215.